The number of aromatic nitrogens is 2. The summed E-state index contributed by atoms with van der Waals surface area (Å²) in [6.45, 7) is 2.79. The SMILES string of the molecule is CC(C(N)c1ccc(F)cc1)N(C)Cc1nccn1C. The van der Waals surface area contributed by atoms with Crippen molar-refractivity contribution in [1.82, 2.24) is 14.5 Å². The van der Waals surface area contributed by atoms with Crippen molar-refractivity contribution in [2.45, 2.75) is 25.6 Å². The predicted octanol–water partition coefficient (Wildman–Crippen LogP) is 2.08. The predicted molar refractivity (Wildman–Crippen MR) is 77.5 cm³/mol. The third-order valence-electron chi connectivity index (χ3n) is 3.78. The third-order valence-corrected chi connectivity index (χ3v) is 3.78. The lowest BCUT2D eigenvalue weighted by molar-refractivity contribution is 0.212. The summed E-state index contributed by atoms with van der Waals surface area (Å²) in [5, 5.41) is 0. The highest BCUT2D eigenvalue weighted by Gasteiger charge is 2.20. The molecule has 1 aromatic heterocycles. The number of hydrogen-bond acceptors (Lipinski definition) is 3. The second kappa shape index (κ2) is 6.15. The summed E-state index contributed by atoms with van der Waals surface area (Å²) in [5.41, 5.74) is 7.20. The average molecular weight is 276 g/mol. The van der Waals surface area contributed by atoms with E-state index < -0.39 is 0 Å². The van der Waals surface area contributed by atoms with Crippen LogP contribution in [0.2, 0.25) is 0 Å². The molecule has 0 saturated carbocycles. The van der Waals surface area contributed by atoms with E-state index in [0.717, 1.165) is 17.9 Å². The lowest BCUT2D eigenvalue weighted by Gasteiger charge is -2.29. The molecule has 5 heteroatoms. The van der Waals surface area contributed by atoms with Gasteiger partial charge in [-0.2, -0.15) is 0 Å². The third kappa shape index (κ3) is 3.23. The molecule has 0 saturated heterocycles. The zero-order valence-corrected chi connectivity index (χ0v) is 12.1. The molecular weight excluding hydrogens is 255 g/mol. The number of imidazole rings is 1. The fraction of sp³-hybridized carbons (Fsp3) is 0.400. The van der Waals surface area contributed by atoms with Crippen molar-refractivity contribution < 1.29 is 4.39 Å². The smallest absolute Gasteiger partial charge is 0.123 e. The van der Waals surface area contributed by atoms with Gasteiger partial charge in [-0.25, -0.2) is 9.37 Å². The topological polar surface area (TPSA) is 47.1 Å². The van der Waals surface area contributed by atoms with E-state index in [4.69, 9.17) is 5.73 Å². The first-order valence-corrected chi connectivity index (χ1v) is 6.66. The van der Waals surface area contributed by atoms with Crippen molar-refractivity contribution in [2.75, 3.05) is 7.05 Å². The Morgan fingerprint density at radius 2 is 2.00 bits per heavy atom. The van der Waals surface area contributed by atoms with E-state index in [-0.39, 0.29) is 17.9 Å². The minimum atomic E-state index is -0.241. The zero-order chi connectivity index (χ0) is 14.7. The van der Waals surface area contributed by atoms with Crippen LogP contribution in [0.1, 0.15) is 24.4 Å². The van der Waals surface area contributed by atoms with Crippen molar-refractivity contribution in [3.63, 3.8) is 0 Å². The van der Waals surface area contributed by atoms with E-state index in [9.17, 15) is 4.39 Å². The standard InChI is InChI=1S/C15H21FN4/c1-11(15(17)12-4-6-13(16)7-5-12)20(3)10-14-18-8-9-19(14)2/h4-9,11,15H,10,17H2,1-3H3. The minimum absolute atomic E-state index is 0.122. The number of hydrogen-bond donors (Lipinski definition) is 1. The van der Waals surface area contributed by atoms with Gasteiger partial charge in [0.05, 0.1) is 6.54 Å². The van der Waals surface area contributed by atoms with Gasteiger partial charge in [-0.15, -0.1) is 0 Å². The van der Waals surface area contributed by atoms with E-state index >= 15 is 0 Å². The van der Waals surface area contributed by atoms with E-state index in [1.54, 1.807) is 18.3 Å². The zero-order valence-electron chi connectivity index (χ0n) is 12.1. The molecule has 2 unspecified atom stereocenters. The molecule has 0 spiro atoms. The molecule has 2 aromatic rings. The highest BCUT2D eigenvalue weighted by Crippen LogP contribution is 2.19. The molecule has 2 atom stereocenters. The summed E-state index contributed by atoms with van der Waals surface area (Å²) in [4.78, 5) is 6.46. The maximum Gasteiger partial charge on any atom is 0.123 e. The summed E-state index contributed by atoms with van der Waals surface area (Å²) in [5.74, 6) is 0.751. The van der Waals surface area contributed by atoms with Crippen LogP contribution in [0.4, 0.5) is 4.39 Å². The molecule has 0 aliphatic heterocycles. The molecule has 0 aliphatic carbocycles. The molecule has 2 N–H and O–H groups in total. The van der Waals surface area contributed by atoms with Crippen molar-refractivity contribution in [1.29, 1.82) is 0 Å². The van der Waals surface area contributed by atoms with Crippen molar-refractivity contribution in [3.8, 4) is 0 Å². The summed E-state index contributed by atoms with van der Waals surface area (Å²) in [7, 11) is 3.99. The Hall–Kier alpha value is -1.72. The van der Waals surface area contributed by atoms with Gasteiger partial charge in [0.15, 0.2) is 0 Å². The van der Waals surface area contributed by atoms with Gasteiger partial charge in [0.1, 0.15) is 11.6 Å². The normalized spacial score (nSPS) is 14.5. The Bertz CT molecular complexity index is 549. The van der Waals surface area contributed by atoms with Crippen LogP contribution in [0.5, 0.6) is 0 Å². The average Bonchev–Trinajstić information content (AvgIpc) is 2.83. The summed E-state index contributed by atoms with van der Waals surface area (Å²) >= 11 is 0. The molecule has 0 amide bonds. The molecule has 0 aliphatic rings. The Morgan fingerprint density at radius 1 is 1.35 bits per heavy atom. The molecule has 20 heavy (non-hydrogen) atoms. The molecule has 1 aromatic carbocycles. The van der Waals surface area contributed by atoms with Crippen LogP contribution in [0.25, 0.3) is 0 Å². The molecule has 1 heterocycles. The lowest BCUT2D eigenvalue weighted by atomic mass is 10.0. The van der Waals surface area contributed by atoms with Crippen LogP contribution in [0.3, 0.4) is 0 Å². The van der Waals surface area contributed by atoms with Gasteiger partial charge in [0.2, 0.25) is 0 Å². The number of likely N-dealkylation sites (N-methyl/N-ethyl adjacent to an activating group) is 1. The molecule has 2 rings (SSSR count). The van der Waals surface area contributed by atoms with Gasteiger partial charge in [-0.05, 0) is 31.7 Å². The lowest BCUT2D eigenvalue weighted by Crippen LogP contribution is -2.38. The van der Waals surface area contributed by atoms with E-state index in [1.165, 1.54) is 12.1 Å². The Labute approximate surface area is 119 Å². The quantitative estimate of drug-likeness (QED) is 0.909. The number of nitrogens with zero attached hydrogens (tertiary/aromatic N) is 3. The molecule has 0 fully saturated rings. The monoisotopic (exact) mass is 276 g/mol. The first-order valence-electron chi connectivity index (χ1n) is 6.66. The number of nitrogens with two attached hydrogens (primary N) is 1. The maximum atomic E-state index is 12.9. The maximum absolute atomic E-state index is 12.9. The summed E-state index contributed by atoms with van der Waals surface area (Å²) in [6, 6.07) is 6.33. The molecular formula is C15H21FN4. The van der Waals surface area contributed by atoms with E-state index in [1.807, 2.05) is 24.9 Å². The van der Waals surface area contributed by atoms with Gasteiger partial charge in [-0.1, -0.05) is 12.1 Å². The van der Waals surface area contributed by atoms with Crippen molar-refractivity contribution in [3.05, 3.63) is 53.9 Å². The molecule has 0 bridgehead atoms. The minimum Gasteiger partial charge on any atom is -0.337 e. The fourth-order valence-electron chi connectivity index (χ4n) is 2.15. The van der Waals surface area contributed by atoms with Crippen LogP contribution in [0, 0.1) is 5.82 Å². The molecule has 4 nitrogen and oxygen atoms in total. The number of rotatable bonds is 5. The summed E-state index contributed by atoms with van der Waals surface area (Å²) in [6.07, 6.45) is 3.71. The van der Waals surface area contributed by atoms with Gasteiger partial charge < -0.3 is 10.3 Å². The Balaban J connectivity index is 2.04. The number of halogens is 1. The van der Waals surface area contributed by atoms with Crippen molar-refractivity contribution in [2.24, 2.45) is 12.8 Å². The number of aryl methyl sites for hydroxylation is 1. The Kier molecular flexibility index (Phi) is 4.52. The van der Waals surface area contributed by atoms with Crippen LogP contribution < -0.4 is 5.73 Å². The van der Waals surface area contributed by atoms with E-state index in [2.05, 4.69) is 16.8 Å². The van der Waals surface area contributed by atoms with Gasteiger partial charge in [-0.3, -0.25) is 4.90 Å². The highest BCUT2D eigenvalue weighted by atomic mass is 19.1. The van der Waals surface area contributed by atoms with Crippen LogP contribution in [0.15, 0.2) is 36.7 Å². The number of benzene rings is 1. The van der Waals surface area contributed by atoms with Crippen molar-refractivity contribution >= 4 is 0 Å². The molecule has 0 radical (unpaired) electrons. The second-order valence-electron chi connectivity index (χ2n) is 5.19. The second-order valence-corrected chi connectivity index (χ2v) is 5.19. The molecule has 108 valence electrons. The first kappa shape index (κ1) is 14.7. The van der Waals surface area contributed by atoms with Crippen LogP contribution in [-0.2, 0) is 13.6 Å². The van der Waals surface area contributed by atoms with Crippen LogP contribution in [-0.4, -0.2) is 27.5 Å². The van der Waals surface area contributed by atoms with Gasteiger partial charge >= 0.3 is 0 Å². The highest BCUT2D eigenvalue weighted by molar-refractivity contribution is 5.20. The summed E-state index contributed by atoms with van der Waals surface area (Å²) < 4.78 is 14.9. The van der Waals surface area contributed by atoms with E-state index in [0.29, 0.717) is 0 Å². The van der Waals surface area contributed by atoms with Gasteiger partial charge in [0, 0.05) is 31.5 Å². The fourth-order valence-corrected chi connectivity index (χ4v) is 2.15. The van der Waals surface area contributed by atoms with Crippen LogP contribution >= 0.6 is 0 Å². The van der Waals surface area contributed by atoms with Gasteiger partial charge in [0.25, 0.3) is 0 Å². The Morgan fingerprint density at radius 3 is 2.55 bits per heavy atom. The largest absolute Gasteiger partial charge is 0.337 e. The first-order chi connectivity index (χ1) is 9.49.